The SMILES string of the molecule is CC1(C(=O)O)CC(C(=O)O)(c2ccc(O)cc2F)CCC1C(F)F. The maximum Gasteiger partial charge on any atom is 0.314 e. The Morgan fingerprint density at radius 3 is 2.33 bits per heavy atom. The van der Waals surface area contributed by atoms with Crippen LogP contribution in [0.2, 0.25) is 0 Å². The minimum Gasteiger partial charge on any atom is -0.508 e. The third-order valence-electron chi connectivity index (χ3n) is 5.04. The van der Waals surface area contributed by atoms with Gasteiger partial charge in [0, 0.05) is 17.5 Å². The first-order chi connectivity index (χ1) is 11.0. The lowest BCUT2D eigenvalue weighted by molar-refractivity contribution is -0.167. The first kappa shape index (κ1) is 18.1. The molecule has 132 valence electrons. The molecule has 1 saturated carbocycles. The average Bonchev–Trinajstić information content (AvgIpc) is 2.46. The Labute approximate surface area is 135 Å². The van der Waals surface area contributed by atoms with Gasteiger partial charge in [0.15, 0.2) is 0 Å². The topological polar surface area (TPSA) is 94.8 Å². The highest BCUT2D eigenvalue weighted by molar-refractivity contribution is 5.84. The Balaban J connectivity index is 2.60. The van der Waals surface area contributed by atoms with E-state index >= 15 is 0 Å². The fourth-order valence-electron chi connectivity index (χ4n) is 3.62. The molecular weight excluding hydrogens is 329 g/mol. The number of alkyl halides is 2. The number of halogens is 3. The van der Waals surface area contributed by atoms with Crippen molar-refractivity contribution in [3.05, 3.63) is 29.6 Å². The zero-order chi connectivity index (χ0) is 18.3. The molecule has 1 aliphatic rings. The number of hydrogen-bond donors (Lipinski definition) is 3. The van der Waals surface area contributed by atoms with E-state index in [0.29, 0.717) is 0 Å². The third kappa shape index (κ3) is 2.70. The molecule has 24 heavy (non-hydrogen) atoms. The molecule has 8 heteroatoms. The van der Waals surface area contributed by atoms with Crippen molar-refractivity contribution in [1.82, 2.24) is 0 Å². The first-order valence-corrected chi connectivity index (χ1v) is 7.28. The van der Waals surface area contributed by atoms with Crippen LogP contribution >= 0.6 is 0 Å². The highest BCUT2D eigenvalue weighted by Crippen LogP contribution is 2.53. The molecule has 1 aromatic rings. The van der Waals surface area contributed by atoms with Crippen LogP contribution in [0.5, 0.6) is 5.75 Å². The van der Waals surface area contributed by atoms with Crippen molar-refractivity contribution < 1.29 is 38.1 Å². The Morgan fingerprint density at radius 1 is 1.25 bits per heavy atom. The Kier molecular flexibility index (Phi) is 4.52. The summed E-state index contributed by atoms with van der Waals surface area (Å²) in [6.45, 7) is 1.07. The molecule has 3 atom stereocenters. The second-order valence-electron chi connectivity index (χ2n) is 6.43. The maximum atomic E-state index is 14.2. The summed E-state index contributed by atoms with van der Waals surface area (Å²) >= 11 is 0. The normalized spacial score (nSPS) is 30.3. The Morgan fingerprint density at radius 2 is 1.88 bits per heavy atom. The van der Waals surface area contributed by atoms with Gasteiger partial charge in [-0.25, -0.2) is 13.2 Å². The zero-order valence-corrected chi connectivity index (χ0v) is 12.8. The smallest absolute Gasteiger partial charge is 0.314 e. The van der Waals surface area contributed by atoms with Crippen LogP contribution in [0.3, 0.4) is 0 Å². The first-order valence-electron chi connectivity index (χ1n) is 7.28. The van der Waals surface area contributed by atoms with Crippen molar-refractivity contribution in [2.45, 2.75) is 38.0 Å². The van der Waals surface area contributed by atoms with Crippen LogP contribution in [0.1, 0.15) is 31.7 Å². The number of benzene rings is 1. The van der Waals surface area contributed by atoms with E-state index < -0.39 is 53.1 Å². The van der Waals surface area contributed by atoms with Gasteiger partial charge in [0.05, 0.1) is 10.8 Å². The summed E-state index contributed by atoms with van der Waals surface area (Å²) in [5, 5.41) is 28.4. The molecule has 1 aromatic carbocycles. The van der Waals surface area contributed by atoms with Crippen LogP contribution in [0.15, 0.2) is 18.2 Å². The predicted molar refractivity (Wildman–Crippen MR) is 76.5 cm³/mol. The molecular formula is C16H17F3O5. The molecule has 1 aliphatic carbocycles. The van der Waals surface area contributed by atoms with Gasteiger partial charge in [0.25, 0.3) is 0 Å². The van der Waals surface area contributed by atoms with Gasteiger partial charge in [-0.3, -0.25) is 9.59 Å². The van der Waals surface area contributed by atoms with Gasteiger partial charge >= 0.3 is 11.9 Å². The van der Waals surface area contributed by atoms with Crippen molar-refractivity contribution in [2.24, 2.45) is 11.3 Å². The molecule has 0 amide bonds. The lowest BCUT2D eigenvalue weighted by atomic mass is 9.55. The van der Waals surface area contributed by atoms with Crippen molar-refractivity contribution in [2.75, 3.05) is 0 Å². The molecule has 0 heterocycles. The summed E-state index contributed by atoms with van der Waals surface area (Å²) in [7, 11) is 0. The number of carboxylic acid groups (broad SMARTS) is 2. The lowest BCUT2D eigenvalue weighted by Gasteiger charge is -2.46. The number of aliphatic carboxylic acids is 2. The van der Waals surface area contributed by atoms with Crippen LogP contribution in [-0.4, -0.2) is 33.7 Å². The fraction of sp³-hybridized carbons (Fsp3) is 0.500. The molecule has 3 unspecified atom stereocenters. The monoisotopic (exact) mass is 346 g/mol. The molecule has 0 spiro atoms. The number of carboxylic acids is 2. The van der Waals surface area contributed by atoms with E-state index in [1.54, 1.807) is 0 Å². The van der Waals surface area contributed by atoms with Gasteiger partial charge in [-0.2, -0.15) is 0 Å². The molecule has 1 fully saturated rings. The van der Waals surface area contributed by atoms with Gasteiger partial charge in [-0.1, -0.05) is 6.07 Å². The molecule has 5 nitrogen and oxygen atoms in total. The van der Waals surface area contributed by atoms with Crippen LogP contribution < -0.4 is 0 Å². The summed E-state index contributed by atoms with van der Waals surface area (Å²) in [6.07, 6.45) is -4.28. The van der Waals surface area contributed by atoms with Crippen LogP contribution in [-0.2, 0) is 15.0 Å². The summed E-state index contributed by atoms with van der Waals surface area (Å²) in [5.41, 5.74) is -4.28. The van der Waals surface area contributed by atoms with E-state index in [0.717, 1.165) is 25.1 Å². The predicted octanol–water partition coefficient (Wildman–Crippen LogP) is 3.01. The number of phenolic OH excluding ortho intramolecular Hbond substituents is 1. The quantitative estimate of drug-likeness (QED) is 0.779. The number of rotatable bonds is 4. The van der Waals surface area contributed by atoms with Gasteiger partial charge in [-0.05, 0) is 32.3 Å². The Bertz CT molecular complexity index is 678. The molecule has 0 aliphatic heterocycles. The average molecular weight is 346 g/mol. The second-order valence-corrected chi connectivity index (χ2v) is 6.43. The van der Waals surface area contributed by atoms with E-state index in [9.17, 15) is 38.1 Å². The molecule has 0 aromatic heterocycles. The van der Waals surface area contributed by atoms with Gasteiger partial charge in [0.2, 0.25) is 6.43 Å². The van der Waals surface area contributed by atoms with Crippen LogP contribution in [0.25, 0.3) is 0 Å². The van der Waals surface area contributed by atoms with Crippen LogP contribution in [0.4, 0.5) is 13.2 Å². The number of aromatic hydroxyl groups is 1. The molecule has 2 rings (SSSR count). The van der Waals surface area contributed by atoms with Gasteiger partial charge in [-0.15, -0.1) is 0 Å². The van der Waals surface area contributed by atoms with E-state index in [1.807, 2.05) is 0 Å². The number of phenols is 1. The minimum absolute atomic E-state index is 0.312. The van der Waals surface area contributed by atoms with E-state index in [-0.39, 0.29) is 18.4 Å². The van der Waals surface area contributed by atoms with Crippen molar-refractivity contribution in [3.8, 4) is 5.75 Å². The highest BCUT2D eigenvalue weighted by Gasteiger charge is 2.59. The zero-order valence-electron chi connectivity index (χ0n) is 12.8. The third-order valence-corrected chi connectivity index (χ3v) is 5.04. The molecule has 3 N–H and O–H groups in total. The number of hydrogen-bond acceptors (Lipinski definition) is 3. The minimum atomic E-state index is -2.93. The molecule has 0 bridgehead atoms. The number of carbonyl (C=O) groups is 2. The molecule has 0 saturated heterocycles. The summed E-state index contributed by atoms with van der Waals surface area (Å²) in [6, 6.07) is 2.86. The highest BCUT2D eigenvalue weighted by atomic mass is 19.3. The standard InChI is InChI=1S/C16H17F3O5/c1-15(13(21)22)7-16(14(23)24,5-4-10(15)12(18)19)9-3-2-8(20)6-11(9)17/h2-3,6,10,12,20H,4-5,7H2,1H3,(H,21,22)(H,23,24). The van der Waals surface area contributed by atoms with E-state index in [2.05, 4.69) is 0 Å². The summed E-state index contributed by atoms with van der Waals surface area (Å²) in [4.78, 5) is 23.5. The summed E-state index contributed by atoms with van der Waals surface area (Å²) < 4.78 is 40.7. The summed E-state index contributed by atoms with van der Waals surface area (Å²) in [5.74, 6) is -5.98. The van der Waals surface area contributed by atoms with Crippen molar-refractivity contribution in [3.63, 3.8) is 0 Å². The van der Waals surface area contributed by atoms with Crippen LogP contribution in [0, 0.1) is 17.2 Å². The maximum absolute atomic E-state index is 14.2. The Hall–Kier alpha value is -2.25. The van der Waals surface area contributed by atoms with Crippen molar-refractivity contribution in [1.29, 1.82) is 0 Å². The van der Waals surface area contributed by atoms with Gasteiger partial charge < -0.3 is 15.3 Å². The fourth-order valence-corrected chi connectivity index (χ4v) is 3.62. The largest absolute Gasteiger partial charge is 0.508 e. The lowest BCUT2D eigenvalue weighted by Crippen LogP contribution is -2.53. The second kappa shape index (κ2) is 5.99. The van der Waals surface area contributed by atoms with E-state index in [4.69, 9.17) is 0 Å². The van der Waals surface area contributed by atoms with Crippen molar-refractivity contribution >= 4 is 11.9 Å². The molecule has 0 radical (unpaired) electrons. The van der Waals surface area contributed by atoms with Gasteiger partial charge in [0.1, 0.15) is 11.6 Å². The van der Waals surface area contributed by atoms with E-state index in [1.165, 1.54) is 0 Å².